The van der Waals surface area contributed by atoms with Crippen molar-refractivity contribution in [1.82, 2.24) is 15.3 Å². The lowest BCUT2D eigenvalue weighted by Gasteiger charge is -2.12. The fourth-order valence-electron chi connectivity index (χ4n) is 3.35. The summed E-state index contributed by atoms with van der Waals surface area (Å²) in [5, 5.41) is 7.48. The number of carbonyl (C=O) groups excluding carboxylic acids is 1. The minimum atomic E-state index is -0.638. The molecule has 158 valence electrons. The summed E-state index contributed by atoms with van der Waals surface area (Å²) in [4.78, 5) is 20.9. The predicted octanol–water partition coefficient (Wildman–Crippen LogP) is 3.82. The second kappa shape index (κ2) is 8.76. The zero-order chi connectivity index (χ0) is 19.1. The molecule has 2 saturated carbocycles. The van der Waals surface area contributed by atoms with Crippen molar-refractivity contribution in [1.29, 1.82) is 0 Å². The summed E-state index contributed by atoms with van der Waals surface area (Å²) in [5.41, 5.74) is 9.50. The average molecular weight is 446 g/mol. The maximum atomic E-state index is 12.1. The summed E-state index contributed by atoms with van der Waals surface area (Å²) in [6.07, 6.45) is 5.55. The van der Waals surface area contributed by atoms with Crippen molar-refractivity contribution in [3.05, 3.63) is 54.4 Å². The van der Waals surface area contributed by atoms with Gasteiger partial charge in [0.05, 0.1) is 11.1 Å². The van der Waals surface area contributed by atoms with Crippen LogP contribution in [0.1, 0.15) is 31.2 Å². The number of rotatable bonds is 6. The van der Waals surface area contributed by atoms with Crippen LogP contribution in [0.5, 0.6) is 0 Å². The zero-order valence-corrected chi connectivity index (χ0v) is 18.1. The molecule has 2 aromatic carbocycles. The van der Waals surface area contributed by atoms with E-state index in [-0.39, 0.29) is 30.7 Å². The van der Waals surface area contributed by atoms with Gasteiger partial charge in [0, 0.05) is 18.0 Å². The largest absolute Gasteiger partial charge is 0.367 e. The maximum Gasteiger partial charge on any atom is 0.240 e. The van der Waals surface area contributed by atoms with Crippen LogP contribution in [-0.4, -0.2) is 27.5 Å². The van der Waals surface area contributed by atoms with Gasteiger partial charge in [0.2, 0.25) is 5.91 Å². The smallest absolute Gasteiger partial charge is 0.240 e. The number of aromatic nitrogens is 2. The van der Waals surface area contributed by atoms with Crippen LogP contribution in [0.15, 0.2) is 48.8 Å². The highest BCUT2D eigenvalue weighted by Gasteiger charge is 2.45. The summed E-state index contributed by atoms with van der Waals surface area (Å²) in [5.74, 6) is 0.840. The normalized spacial score (nSPS) is 16.2. The first kappa shape index (κ1) is 22.3. The molecule has 0 aliphatic heterocycles. The van der Waals surface area contributed by atoms with Crippen LogP contribution in [0, 0.1) is 0 Å². The number of halogens is 2. The predicted molar refractivity (Wildman–Crippen MR) is 124 cm³/mol. The molecule has 8 heteroatoms. The Labute approximate surface area is 187 Å². The first-order chi connectivity index (χ1) is 13.6. The molecule has 2 aliphatic carbocycles. The van der Waals surface area contributed by atoms with Crippen molar-refractivity contribution in [2.75, 3.05) is 5.32 Å². The third-order valence-electron chi connectivity index (χ3n) is 5.51. The average Bonchev–Trinajstić information content (AvgIpc) is 3.65. The summed E-state index contributed by atoms with van der Waals surface area (Å²) >= 11 is 0. The molecule has 0 atom stereocenters. The van der Waals surface area contributed by atoms with Crippen LogP contribution >= 0.6 is 24.8 Å². The van der Waals surface area contributed by atoms with Gasteiger partial charge < -0.3 is 16.4 Å². The molecule has 0 radical (unpaired) electrons. The van der Waals surface area contributed by atoms with Crippen molar-refractivity contribution in [2.24, 2.45) is 5.73 Å². The molecule has 1 aromatic heterocycles. The van der Waals surface area contributed by atoms with Gasteiger partial charge in [-0.1, -0.05) is 24.3 Å². The second-order valence-corrected chi connectivity index (χ2v) is 7.91. The molecule has 1 heterocycles. The van der Waals surface area contributed by atoms with Crippen LogP contribution in [0.4, 0.5) is 5.82 Å². The Morgan fingerprint density at radius 2 is 1.83 bits per heavy atom. The van der Waals surface area contributed by atoms with Gasteiger partial charge in [0.15, 0.2) is 0 Å². The molecule has 2 aliphatic rings. The molecule has 5 rings (SSSR count). The molecule has 0 saturated heterocycles. The number of nitrogens with one attached hydrogen (secondary N) is 2. The Hall–Kier alpha value is -2.41. The number of fused-ring (bicyclic) bond motifs is 1. The van der Waals surface area contributed by atoms with Crippen LogP contribution in [0.25, 0.3) is 22.0 Å². The van der Waals surface area contributed by atoms with E-state index in [0.29, 0.717) is 12.6 Å². The highest BCUT2D eigenvalue weighted by Crippen LogP contribution is 2.33. The van der Waals surface area contributed by atoms with Crippen molar-refractivity contribution in [3.8, 4) is 11.1 Å². The lowest BCUT2D eigenvalue weighted by molar-refractivity contribution is -0.123. The highest BCUT2D eigenvalue weighted by atomic mass is 35.5. The summed E-state index contributed by atoms with van der Waals surface area (Å²) in [7, 11) is 0. The van der Waals surface area contributed by atoms with Gasteiger partial charge in [-0.25, -0.2) is 9.97 Å². The zero-order valence-electron chi connectivity index (χ0n) is 16.4. The van der Waals surface area contributed by atoms with Gasteiger partial charge in [0.1, 0.15) is 12.1 Å². The molecule has 30 heavy (non-hydrogen) atoms. The molecule has 0 unspecified atom stereocenters. The molecular formula is C22H25Cl2N5O. The van der Waals surface area contributed by atoms with Crippen LogP contribution in [0.3, 0.4) is 0 Å². The molecule has 0 spiro atoms. The molecule has 4 N–H and O–H groups in total. The van der Waals surface area contributed by atoms with Gasteiger partial charge in [-0.05, 0) is 60.6 Å². The fraction of sp³-hybridized carbons (Fsp3) is 0.318. The Morgan fingerprint density at radius 1 is 1.07 bits per heavy atom. The van der Waals surface area contributed by atoms with Crippen molar-refractivity contribution in [3.63, 3.8) is 0 Å². The van der Waals surface area contributed by atoms with Crippen molar-refractivity contribution < 1.29 is 4.79 Å². The van der Waals surface area contributed by atoms with E-state index in [9.17, 15) is 4.79 Å². The third kappa shape index (κ3) is 4.67. The van der Waals surface area contributed by atoms with Gasteiger partial charge in [-0.2, -0.15) is 0 Å². The topological polar surface area (TPSA) is 92.9 Å². The van der Waals surface area contributed by atoms with E-state index in [1.54, 1.807) is 6.33 Å². The van der Waals surface area contributed by atoms with E-state index < -0.39 is 5.54 Å². The van der Waals surface area contributed by atoms with E-state index in [1.807, 2.05) is 18.2 Å². The van der Waals surface area contributed by atoms with Crippen LogP contribution < -0.4 is 16.4 Å². The van der Waals surface area contributed by atoms with Crippen molar-refractivity contribution in [2.45, 2.75) is 43.8 Å². The molecule has 6 nitrogen and oxygen atoms in total. The van der Waals surface area contributed by atoms with E-state index >= 15 is 0 Å². The van der Waals surface area contributed by atoms with E-state index in [2.05, 4.69) is 44.9 Å². The maximum absolute atomic E-state index is 12.1. The van der Waals surface area contributed by atoms with Gasteiger partial charge >= 0.3 is 0 Å². The standard InChI is InChI=1S/C22H23N5O.2ClH/c23-22(8-9-22)21(28)24-12-14-2-1-3-15(10-14)16-4-7-19-18(11-16)20(26-13-25-19)27-17-5-6-17;;/h1-4,7,10-11,13,17H,5-6,8-9,12,23H2,(H,24,28)(H,25,26,27);2*1H. The molecule has 2 fully saturated rings. The first-order valence-corrected chi connectivity index (χ1v) is 9.79. The molecule has 3 aromatic rings. The third-order valence-corrected chi connectivity index (χ3v) is 5.51. The SMILES string of the molecule is Cl.Cl.NC1(C(=O)NCc2cccc(-c3ccc4ncnc(NC5CC5)c4c3)c2)CC1. The van der Waals surface area contributed by atoms with Crippen LogP contribution in [0.2, 0.25) is 0 Å². The number of benzene rings is 2. The number of carbonyl (C=O) groups is 1. The Kier molecular flexibility index (Phi) is 6.50. The minimum absolute atomic E-state index is 0. The Bertz CT molecular complexity index is 1070. The Balaban J connectivity index is 0.00000128. The molecule has 1 amide bonds. The lowest BCUT2D eigenvalue weighted by Crippen LogP contribution is -2.42. The Morgan fingerprint density at radius 3 is 2.57 bits per heavy atom. The number of amides is 1. The number of hydrogen-bond acceptors (Lipinski definition) is 5. The number of nitrogens with zero attached hydrogens (tertiary/aromatic N) is 2. The van der Waals surface area contributed by atoms with Crippen molar-refractivity contribution >= 4 is 47.4 Å². The van der Waals surface area contributed by atoms with Gasteiger partial charge in [-0.3, -0.25) is 4.79 Å². The summed E-state index contributed by atoms with van der Waals surface area (Å²) in [6.45, 7) is 0.483. The minimum Gasteiger partial charge on any atom is -0.367 e. The fourth-order valence-corrected chi connectivity index (χ4v) is 3.35. The first-order valence-electron chi connectivity index (χ1n) is 9.79. The number of hydrogen-bond donors (Lipinski definition) is 3. The lowest BCUT2D eigenvalue weighted by atomic mass is 10.0. The molecule has 0 bridgehead atoms. The summed E-state index contributed by atoms with van der Waals surface area (Å²) in [6, 6.07) is 15.0. The second-order valence-electron chi connectivity index (χ2n) is 7.91. The van der Waals surface area contributed by atoms with Gasteiger partial charge in [-0.15, -0.1) is 24.8 Å². The number of nitrogens with two attached hydrogens (primary N) is 1. The number of anilines is 1. The van der Waals surface area contributed by atoms with E-state index in [0.717, 1.165) is 46.3 Å². The van der Waals surface area contributed by atoms with Crippen LogP contribution in [-0.2, 0) is 11.3 Å². The monoisotopic (exact) mass is 445 g/mol. The van der Waals surface area contributed by atoms with E-state index in [1.165, 1.54) is 12.8 Å². The quantitative estimate of drug-likeness (QED) is 0.535. The molecular weight excluding hydrogens is 421 g/mol. The highest BCUT2D eigenvalue weighted by molar-refractivity contribution is 5.92. The van der Waals surface area contributed by atoms with Gasteiger partial charge in [0.25, 0.3) is 0 Å². The summed E-state index contributed by atoms with van der Waals surface area (Å²) < 4.78 is 0. The van der Waals surface area contributed by atoms with E-state index in [4.69, 9.17) is 5.73 Å².